The summed E-state index contributed by atoms with van der Waals surface area (Å²) in [7, 11) is 0. The van der Waals surface area contributed by atoms with Gasteiger partial charge in [-0.2, -0.15) is 13.2 Å². The fraction of sp³-hybridized carbons (Fsp3) is 0.231. The summed E-state index contributed by atoms with van der Waals surface area (Å²) in [6, 6.07) is 3.78. The Morgan fingerprint density at radius 1 is 1.00 bits per heavy atom. The Labute approximate surface area is 121 Å². The Kier molecular flexibility index (Phi) is 4.46. The van der Waals surface area contributed by atoms with Crippen molar-refractivity contribution in [2.24, 2.45) is 0 Å². The van der Waals surface area contributed by atoms with Crippen LogP contribution in [0, 0.1) is 18.6 Å². The molecule has 0 amide bonds. The van der Waals surface area contributed by atoms with Crippen molar-refractivity contribution in [2.45, 2.75) is 23.9 Å². The molecule has 2 aromatic rings. The van der Waals surface area contributed by atoms with E-state index in [0.29, 0.717) is 5.56 Å². The topological polar surface area (TPSA) is 25.8 Å². The summed E-state index contributed by atoms with van der Waals surface area (Å²) >= 11 is 0.951. The monoisotopic (exact) mass is 320 g/mol. The Morgan fingerprint density at radius 2 is 1.62 bits per heavy atom. The van der Waals surface area contributed by atoms with Crippen molar-refractivity contribution in [3.63, 3.8) is 0 Å². The van der Waals surface area contributed by atoms with Gasteiger partial charge in [-0.1, -0.05) is 0 Å². The number of benzene rings is 1. The van der Waals surface area contributed by atoms with Crippen molar-refractivity contribution in [1.82, 2.24) is 9.97 Å². The second-order valence-corrected chi connectivity index (χ2v) is 5.20. The molecular weight excluding hydrogens is 311 g/mol. The number of hydrogen-bond acceptors (Lipinski definition) is 3. The largest absolute Gasteiger partial charge is 0.433 e. The highest BCUT2D eigenvalue weighted by Gasteiger charge is 2.33. The molecule has 1 aromatic heterocycles. The molecule has 2 rings (SSSR count). The Morgan fingerprint density at radius 3 is 2.19 bits per heavy atom. The molecule has 0 aliphatic carbocycles. The second-order valence-electron chi connectivity index (χ2n) is 4.20. The van der Waals surface area contributed by atoms with E-state index in [1.165, 1.54) is 6.92 Å². The van der Waals surface area contributed by atoms with Crippen molar-refractivity contribution in [2.75, 3.05) is 0 Å². The summed E-state index contributed by atoms with van der Waals surface area (Å²) in [5, 5.41) is 0.0968. The van der Waals surface area contributed by atoms with Crippen molar-refractivity contribution in [3.05, 3.63) is 53.0 Å². The zero-order chi connectivity index (χ0) is 15.6. The molecule has 112 valence electrons. The SMILES string of the molecule is Cc1nc(SCc2cc(F)cc(F)c2)cc(C(F)(F)F)n1. The maximum absolute atomic E-state index is 13.0. The van der Waals surface area contributed by atoms with E-state index in [1.54, 1.807) is 0 Å². The van der Waals surface area contributed by atoms with Crippen molar-refractivity contribution in [1.29, 1.82) is 0 Å². The lowest BCUT2D eigenvalue weighted by Gasteiger charge is -2.08. The van der Waals surface area contributed by atoms with Crippen LogP contribution in [0.5, 0.6) is 0 Å². The predicted molar refractivity (Wildman–Crippen MR) is 67.7 cm³/mol. The van der Waals surface area contributed by atoms with Crippen LogP contribution in [0.4, 0.5) is 22.0 Å². The fourth-order valence-corrected chi connectivity index (χ4v) is 2.48. The Bertz CT molecular complexity index is 637. The molecule has 0 atom stereocenters. The summed E-state index contributed by atoms with van der Waals surface area (Å²) in [5.74, 6) is -1.39. The van der Waals surface area contributed by atoms with Gasteiger partial charge in [0.1, 0.15) is 28.2 Å². The first kappa shape index (κ1) is 15.7. The van der Waals surface area contributed by atoms with E-state index < -0.39 is 23.5 Å². The lowest BCUT2D eigenvalue weighted by Crippen LogP contribution is -2.10. The van der Waals surface area contributed by atoms with Gasteiger partial charge in [0.25, 0.3) is 0 Å². The first-order valence-electron chi connectivity index (χ1n) is 5.75. The molecule has 21 heavy (non-hydrogen) atoms. The molecule has 0 bridgehead atoms. The van der Waals surface area contributed by atoms with Crippen LogP contribution in [-0.4, -0.2) is 9.97 Å². The summed E-state index contributed by atoms with van der Waals surface area (Å²) < 4.78 is 63.9. The van der Waals surface area contributed by atoms with E-state index in [1.807, 2.05) is 0 Å². The molecule has 0 aliphatic rings. The van der Waals surface area contributed by atoms with Crippen LogP contribution in [0.2, 0.25) is 0 Å². The van der Waals surface area contributed by atoms with E-state index >= 15 is 0 Å². The van der Waals surface area contributed by atoms with E-state index in [9.17, 15) is 22.0 Å². The van der Waals surface area contributed by atoms with Crippen LogP contribution in [0.1, 0.15) is 17.1 Å². The third-order valence-corrected chi connectivity index (χ3v) is 3.40. The van der Waals surface area contributed by atoms with E-state index in [4.69, 9.17) is 0 Å². The number of hydrogen-bond donors (Lipinski definition) is 0. The van der Waals surface area contributed by atoms with Gasteiger partial charge in [0.2, 0.25) is 0 Å². The van der Waals surface area contributed by atoms with Gasteiger partial charge < -0.3 is 0 Å². The first-order chi connectivity index (χ1) is 9.74. The Hall–Kier alpha value is -1.70. The molecule has 0 saturated carbocycles. The lowest BCUT2D eigenvalue weighted by molar-refractivity contribution is -0.141. The maximum atomic E-state index is 13.0. The van der Waals surface area contributed by atoms with Gasteiger partial charge in [-0.3, -0.25) is 0 Å². The van der Waals surface area contributed by atoms with Gasteiger partial charge in [-0.05, 0) is 24.6 Å². The van der Waals surface area contributed by atoms with Crippen LogP contribution < -0.4 is 0 Å². The van der Waals surface area contributed by atoms with Gasteiger partial charge in [0.15, 0.2) is 0 Å². The van der Waals surface area contributed by atoms with Gasteiger partial charge in [0, 0.05) is 17.9 Å². The van der Waals surface area contributed by atoms with Crippen LogP contribution in [-0.2, 0) is 11.9 Å². The molecule has 0 spiro atoms. The minimum Gasteiger partial charge on any atom is -0.229 e. The lowest BCUT2D eigenvalue weighted by atomic mass is 10.2. The van der Waals surface area contributed by atoms with Crippen LogP contribution in [0.15, 0.2) is 29.3 Å². The smallest absolute Gasteiger partial charge is 0.229 e. The predicted octanol–water partition coefficient (Wildman–Crippen LogP) is 4.37. The number of alkyl halides is 3. The minimum atomic E-state index is -4.56. The second kappa shape index (κ2) is 5.97. The number of rotatable bonds is 3. The van der Waals surface area contributed by atoms with Crippen LogP contribution >= 0.6 is 11.8 Å². The third kappa shape index (κ3) is 4.38. The normalized spacial score (nSPS) is 11.7. The Balaban J connectivity index is 2.18. The van der Waals surface area contributed by atoms with Crippen molar-refractivity contribution < 1.29 is 22.0 Å². The molecule has 2 nitrogen and oxygen atoms in total. The summed E-state index contributed by atoms with van der Waals surface area (Å²) in [4.78, 5) is 7.19. The highest BCUT2D eigenvalue weighted by Crippen LogP contribution is 2.31. The average Bonchev–Trinajstić information content (AvgIpc) is 2.33. The molecule has 8 heteroatoms. The quantitative estimate of drug-likeness (QED) is 0.477. The van der Waals surface area contributed by atoms with Gasteiger partial charge in [-0.25, -0.2) is 18.7 Å². The molecule has 0 N–H and O–H groups in total. The van der Waals surface area contributed by atoms with Crippen LogP contribution in [0.3, 0.4) is 0 Å². The molecule has 0 unspecified atom stereocenters. The molecule has 0 radical (unpaired) electrons. The van der Waals surface area contributed by atoms with Gasteiger partial charge in [0.05, 0.1) is 0 Å². The van der Waals surface area contributed by atoms with E-state index in [0.717, 1.165) is 36.0 Å². The van der Waals surface area contributed by atoms with E-state index in [-0.39, 0.29) is 16.6 Å². The van der Waals surface area contributed by atoms with Crippen molar-refractivity contribution >= 4 is 11.8 Å². The molecule has 1 aromatic carbocycles. The zero-order valence-corrected chi connectivity index (χ0v) is 11.5. The molecule has 1 heterocycles. The maximum Gasteiger partial charge on any atom is 0.433 e. The number of halogens is 5. The van der Waals surface area contributed by atoms with Crippen molar-refractivity contribution in [3.8, 4) is 0 Å². The molecule has 0 saturated heterocycles. The van der Waals surface area contributed by atoms with E-state index in [2.05, 4.69) is 9.97 Å². The fourth-order valence-electron chi connectivity index (χ4n) is 1.61. The van der Waals surface area contributed by atoms with Gasteiger partial charge in [-0.15, -0.1) is 11.8 Å². The zero-order valence-electron chi connectivity index (χ0n) is 10.7. The number of nitrogens with zero attached hydrogens (tertiary/aromatic N) is 2. The molecular formula is C13H9F5N2S. The summed E-state index contributed by atoms with van der Waals surface area (Å²) in [5.41, 5.74) is -0.717. The third-order valence-electron chi connectivity index (χ3n) is 2.41. The minimum absolute atomic E-state index is 0.0160. The highest BCUT2D eigenvalue weighted by molar-refractivity contribution is 7.98. The first-order valence-corrected chi connectivity index (χ1v) is 6.73. The number of thioether (sulfide) groups is 1. The standard InChI is InChI=1S/C13H9F5N2S/c1-7-19-11(13(16,17)18)5-12(20-7)21-6-8-2-9(14)4-10(15)3-8/h2-5H,6H2,1H3. The average molecular weight is 320 g/mol. The molecule has 0 aliphatic heterocycles. The summed E-state index contributed by atoms with van der Waals surface area (Å²) in [6.45, 7) is 1.35. The highest BCUT2D eigenvalue weighted by atomic mass is 32.2. The molecule has 0 fully saturated rings. The van der Waals surface area contributed by atoms with Crippen LogP contribution in [0.25, 0.3) is 0 Å². The summed E-state index contributed by atoms with van der Waals surface area (Å²) in [6.07, 6.45) is -4.56. The van der Waals surface area contributed by atoms with Gasteiger partial charge >= 0.3 is 6.18 Å². The number of aryl methyl sites for hydroxylation is 1. The number of aromatic nitrogens is 2.